The van der Waals surface area contributed by atoms with Crippen LogP contribution in [0.1, 0.15) is 17.3 Å². The lowest BCUT2D eigenvalue weighted by Crippen LogP contribution is -2.16. The van der Waals surface area contributed by atoms with Gasteiger partial charge in [0.2, 0.25) is 0 Å². The van der Waals surface area contributed by atoms with E-state index in [9.17, 15) is 9.59 Å². The molecule has 0 bridgehead atoms. The second-order valence-electron chi connectivity index (χ2n) is 3.95. The first-order valence-corrected chi connectivity index (χ1v) is 5.95. The zero-order valence-electron chi connectivity index (χ0n) is 11.1. The van der Waals surface area contributed by atoms with Crippen LogP contribution < -0.4 is 10.6 Å². The highest BCUT2D eigenvalue weighted by molar-refractivity contribution is 6.06. The third-order valence-electron chi connectivity index (χ3n) is 2.42. The maximum absolute atomic E-state index is 11.8. The number of nitrogens with zero attached hydrogens (tertiary/aromatic N) is 1. The molecule has 102 valence electrons. The fourth-order valence-electron chi connectivity index (χ4n) is 1.38. The Kier molecular flexibility index (Phi) is 5.73. The largest absolute Gasteiger partial charge is 0.386 e. The Morgan fingerprint density at radius 1 is 1.35 bits per heavy atom. The van der Waals surface area contributed by atoms with E-state index in [-0.39, 0.29) is 11.4 Å². The summed E-state index contributed by atoms with van der Waals surface area (Å²) in [6.07, 6.45) is 2.95. The topological polar surface area (TPSA) is 82.0 Å². The van der Waals surface area contributed by atoms with Crippen molar-refractivity contribution in [2.45, 2.75) is 6.92 Å². The normalized spacial score (nSPS) is 10.3. The lowest BCUT2D eigenvalue weighted by Gasteiger charge is -2.05. The van der Waals surface area contributed by atoms with Gasteiger partial charge in [0.1, 0.15) is 11.6 Å². The predicted octanol–water partition coefficient (Wildman–Crippen LogP) is 2.01. The number of Topliss-reactive ketones (excluding diaryl/α,β-unsaturated/α-hetero) is 1. The Labute approximate surface area is 117 Å². The lowest BCUT2D eigenvalue weighted by atomic mass is 10.1. The molecule has 0 atom stereocenters. The van der Waals surface area contributed by atoms with Crippen molar-refractivity contribution >= 4 is 17.4 Å². The molecule has 0 spiro atoms. The van der Waals surface area contributed by atoms with Crippen LogP contribution in [0.5, 0.6) is 0 Å². The molecule has 0 aliphatic rings. The SMILES string of the molecule is C=CCN/C=C(/C#N)C(=O)Nc1ccc(C(C)=O)cc1. The monoisotopic (exact) mass is 269 g/mol. The van der Waals surface area contributed by atoms with Crippen molar-refractivity contribution in [2.75, 3.05) is 11.9 Å². The standard InChI is InChI=1S/C15H15N3O2/c1-3-8-17-10-13(9-16)15(20)18-14-6-4-12(5-7-14)11(2)19/h3-7,10,17H,1,8H2,2H3,(H,18,20)/b13-10-. The van der Waals surface area contributed by atoms with Gasteiger partial charge in [-0.15, -0.1) is 6.58 Å². The summed E-state index contributed by atoms with van der Waals surface area (Å²) in [4.78, 5) is 22.9. The molecule has 1 aromatic carbocycles. The van der Waals surface area contributed by atoms with Crippen LogP contribution in [0.2, 0.25) is 0 Å². The van der Waals surface area contributed by atoms with Gasteiger partial charge in [0, 0.05) is 24.0 Å². The molecule has 1 rings (SSSR count). The molecule has 1 aromatic rings. The minimum absolute atomic E-state index is 0.0394. The van der Waals surface area contributed by atoms with Crippen LogP contribution >= 0.6 is 0 Å². The van der Waals surface area contributed by atoms with Gasteiger partial charge in [0.15, 0.2) is 5.78 Å². The molecule has 0 saturated heterocycles. The van der Waals surface area contributed by atoms with Gasteiger partial charge in [0.25, 0.3) is 5.91 Å². The van der Waals surface area contributed by atoms with Gasteiger partial charge in [0.05, 0.1) is 0 Å². The van der Waals surface area contributed by atoms with E-state index in [1.54, 1.807) is 30.3 Å². The Hall–Kier alpha value is -2.87. The predicted molar refractivity (Wildman–Crippen MR) is 77.0 cm³/mol. The Bertz CT molecular complexity index is 580. The van der Waals surface area contributed by atoms with Crippen molar-refractivity contribution in [1.29, 1.82) is 5.26 Å². The average Bonchev–Trinajstić information content (AvgIpc) is 2.44. The van der Waals surface area contributed by atoms with Crippen LogP contribution in [0.4, 0.5) is 5.69 Å². The average molecular weight is 269 g/mol. The first kappa shape index (κ1) is 15.2. The van der Waals surface area contributed by atoms with Crippen LogP contribution in [0.25, 0.3) is 0 Å². The zero-order chi connectivity index (χ0) is 15.0. The molecule has 2 N–H and O–H groups in total. The number of hydrogen-bond donors (Lipinski definition) is 2. The van der Waals surface area contributed by atoms with Gasteiger partial charge >= 0.3 is 0 Å². The fraction of sp³-hybridized carbons (Fsp3) is 0.133. The van der Waals surface area contributed by atoms with Gasteiger partial charge < -0.3 is 10.6 Å². The summed E-state index contributed by atoms with van der Waals surface area (Å²) in [5.74, 6) is -0.561. The minimum atomic E-state index is -0.514. The number of carbonyl (C=O) groups excluding carboxylic acids is 2. The summed E-state index contributed by atoms with van der Waals surface area (Å²) >= 11 is 0. The molecule has 0 aromatic heterocycles. The highest BCUT2D eigenvalue weighted by Gasteiger charge is 2.09. The second-order valence-corrected chi connectivity index (χ2v) is 3.95. The molecule has 0 fully saturated rings. The quantitative estimate of drug-likeness (QED) is 0.272. The Morgan fingerprint density at radius 3 is 2.50 bits per heavy atom. The molecular formula is C15H15N3O2. The van der Waals surface area contributed by atoms with E-state index in [1.807, 2.05) is 6.07 Å². The van der Waals surface area contributed by atoms with Crippen LogP contribution in [-0.4, -0.2) is 18.2 Å². The van der Waals surface area contributed by atoms with E-state index >= 15 is 0 Å². The molecule has 0 radical (unpaired) electrons. The third kappa shape index (κ3) is 4.42. The molecule has 5 nitrogen and oxygen atoms in total. The lowest BCUT2D eigenvalue weighted by molar-refractivity contribution is -0.112. The van der Waals surface area contributed by atoms with Gasteiger partial charge in [-0.2, -0.15) is 5.26 Å². The number of ketones is 1. The van der Waals surface area contributed by atoms with E-state index in [2.05, 4.69) is 17.2 Å². The first-order chi connectivity index (χ1) is 9.58. The summed E-state index contributed by atoms with van der Waals surface area (Å²) in [7, 11) is 0. The van der Waals surface area contributed by atoms with Crippen molar-refractivity contribution in [2.24, 2.45) is 0 Å². The van der Waals surface area contributed by atoms with Gasteiger partial charge in [-0.3, -0.25) is 9.59 Å². The van der Waals surface area contributed by atoms with Crippen molar-refractivity contribution < 1.29 is 9.59 Å². The molecule has 20 heavy (non-hydrogen) atoms. The Morgan fingerprint density at radius 2 is 2.00 bits per heavy atom. The molecule has 0 aliphatic carbocycles. The zero-order valence-corrected chi connectivity index (χ0v) is 11.1. The van der Waals surface area contributed by atoms with E-state index in [1.165, 1.54) is 13.1 Å². The maximum Gasteiger partial charge on any atom is 0.267 e. The fourth-order valence-corrected chi connectivity index (χ4v) is 1.38. The molecule has 0 heterocycles. The van der Waals surface area contributed by atoms with Crippen molar-refractivity contribution in [3.05, 3.63) is 54.3 Å². The molecule has 1 amide bonds. The van der Waals surface area contributed by atoms with Gasteiger partial charge in [-0.05, 0) is 31.2 Å². The first-order valence-electron chi connectivity index (χ1n) is 5.95. The number of anilines is 1. The Balaban J connectivity index is 2.74. The summed E-state index contributed by atoms with van der Waals surface area (Å²) in [6.45, 7) is 5.45. The number of amides is 1. The number of benzene rings is 1. The van der Waals surface area contributed by atoms with Crippen LogP contribution in [0, 0.1) is 11.3 Å². The summed E-state index contributed by atoms with van der Waals surface area (Å²) in [6, 6.07) is 8.26. The highest BCUT2D eigenvalue weighted by atomic mass is 16.1. The summed E-state index contributed by atoms with van der Waals surface area (Å²) in [5.41, 5.74) is 1.04. The maximum atomic E-state index is 11.8. The summed E-state index contributed by atoms with van der Waals surface area (Å²) < 4.78 is 0. The number of nitriles is 1. The van der Waals surface area contributed by atoms with Crippen molar-refractivity contribution in [3.8, 4) is 6.07 Å². The third-order valence-corrected chi connectivity index (χ3v) is 2.42. The summed E-state index contributed by atoms with van der Waals surface area (Å²) in [5, 5.41) is 14.2. The number of carbonyl (C=O) groups is 2. The van der Waals surface area contributed by atoms with Crippen LogP contribution in [0.3, 0.4) is 0 Å². The van der Waals surface area contributed by atoms with Crippen LogP contribution in [-0.2, 0) is 4.79 Å². The molecule has 0 aliphatic heterocycles. The van der Waals surface area contributed by atoms with E-state index in [0.717, 1.165) is 0 Å². The number of nitrogens with one attached hydrogen (secondary N) is 2. The van der Waals surface area contributed by atoms with Gasteiger partial charge in [-0.1, -0.05) is 6.08 Å². The molecular weight excluding hydrogens is 254 g/mol. The smallest absolute Gasteiger partial charge is 0.267 e. The minimum Gasteiger partial charge on any atom is -0.386 e. The second kappa shape index (κ2) is 7.54. The highest BCUT2D eigenvalue weighted by Crippen LogP contribution is 2.11. The number of hydrogen-bond acceptors (Lipinski definition) is 4. The van der Waals surface area contributed by atoms with Crippen molar-refractivity contribution in [1.82, 2.24) is 5.32 Å². The van der Waals surface area contributed by atoms with Gasteiger partial charge in [-0.25, -0.2) is 0 Å². The molecule has 0 unspecified atom stereocenters. The van der Waals surface area contributed by atoms with Crippen molar-refractivity contribution in [3.63, 3.8) is 0 Å². The number of rotatable bonds is 6. The van der Waals surface area contributed by atoms with Crippen LogP contribution in [0.15, 0.2) is 48.7 Å². The van der Waals surface area contributed by atoms with E-state index in [0.29, 0.717) is 17.8 Å². The molecule has 0 saturated carbocycles. The van der Waals surface area contributed by atoms with E-state index < -0.39 is 5.91 Å². The van der Waals surface area contributed by atoms with E-state index in [4.69, 9.17) is 5.26 Å². The molecule has 5 heteroatoms.